The number of fused-ring (bicyclic) bond motifs is 1. The van der Waals surface area contributed by atoms with Gasteiger partial charge in [0.25, 0.3) is 5.91 Å². The fourth-order valence-electron chi connectivity index (χ4n) is 1.76. The number of aromatic amines is 1. The molecule has 1 aromatic carbocycles. The van der Waals surface area contributed by atoms with Crippen molar-refractivity contribution in [2.75, 3.05) is 6.61 Å². The van der Waals surface area contributed by atoms with Crippen LogP contribution in [0.4, 0.5) is 4.39 Å². The summed E-state index contributed by atoms with van der Waals surface area (Å²) in [5.74, 6) is -0.890. The normalized spacial score (nSPS) is 12.6. The number of aliphatic hydroxyl groups is 1. The molecule has 96 valence electrons. The zero-order valence-electron chi connectivity index (χ0n) is 9.90. The van der Waals surface area contributed by atoms with Crippen LogP contribution in [-0.4, -0.2) is 33.6 Å². The molecule has 18 heavy (non-hydrogen) atoms. The molecule has 0 saturated carbocycles. The summed E-state index contributed by atoms with van der Waals surface area (Å²) >= 11 is 0. The van der Waals surface area contributed by atoms with E-state index >= 15 is 0 Å². The third kappa shape index (κ3) is 2.48. The number of carbonyl (C=O) groups excluding carboxylic acids is 1. The van der Waals surface area contributed by atoms with Gasteiger partial charge < -0.3 is 15.4 Å². The highest BCUT2D eigenvalue weighted by atomic mass is 19.1. The highest BCUT2D eigenvalue weighted by Crippen LogP contribution is 2.17. The molecular weight excluding hydrogens is 237 g/mol. The van der Waals surface area contributed by atoms with E-state index in [2.05, 4.69) is 15.3 Å². The third-order valence-corrected chi connectivity index (χ3v) is 2.67. The molecule has 1 heterocycles. The standard InChI is InChI=1S/C12H14FN3O2/c1-7(2-3-17)16-12(18)9-4-8(13)5-10-11(9)15-6-14-10/h4-7,17H,2-3H2,1H3,(H,14,15)(H,16,18)/t7-/m1/s1. The van der Waals surface area contributed by atoms with Crippen LogP contribution in [0.15, 0.2) is 18.5 Å². The van der Waals surface area contributed by atoms with Gasteiger partial charge in [-0.15, -0.1) is 0 Å². The fraction of sp³-hybridized carbons (Fsp3) is 0.333. The van der Waals surface area contributed by atoms with Crippen LogP contribution in [0.5, 0.6) is 0 Å². The molecule has 5 nitrogen and oxygen atoms in total. The number of rotatable bonds is 4. The molecule has 0 spiro atoms. The average molecular weight is 251 g/mol. The molecule has 0 radical (unpaired) electrons. The van der Waals surface area contributed by atoms with E-state index in [1.54, 1.807) is 6.92 Å². The number of halogens is 1. The molecule has 2 aromatic rings. The maximum atomic E-state index is 13.4. The highest BCUT2D eigenvalue weighted by Gasteiger charge is 2.15. The second-order valence-electron chi connectivity index (χ2n) is 4.14. The lowest BCUT2D eigenvalue weighted by Gasteiger charge is -2.12. The maximum Gasteiger partial charge on any atom is 0.253 e. The predicted octanol–water partition coefficient (Wildman–Crippen LogP) is 1.20. The Morgan fingerprint density at radius 2 is 2.39 bits per heavy atom. The van der Waals surface area contributed by atoms with Crippen molar-refractivity contribution in [1.82, 2.24) is 15.3 Å². The van der Waals surface area contributed by atoms with E-state index < -0.39 is 11.7 Å². The molecule has 6 heteroatoms. The molecule has 3 N–H and O–H groups in total. The maximum absolute atomic E-state index is 13.4. The molecule has 2 rings (SSSR count). The van der Waals surface area contributed by atoms with Gasteiger partial charge >= 0.3 is 0 Å². The predicted molar refractivity (Wildman–Crippen MR) is 64.7 cm³/mol. The Labute approximate surface area is 103 Å². The number of imidazole rings is 1. The topological polar surface area (TPSA) is 78.0 Å². The second-order valence-corrected chi connectivity index (χ2v) is 4.14. The van der Waals surface area contributed by atoms with Gasteiger partial charge in [-0.05, 0) is 25.5 Å². The number of aliphatic hydroxyl groups excluding tert-OH is 1. The second kappa shape index (κ2) is 5.14. The number of benzene rings is 1. The van der Waals surface area contributed by atoms with Crippen molar-refractivity contribution >= 4 is 16.9 Å². The monoisotopic (exact) mass is 251 g/mol. The van der Waals surface area contributed by atoms with E-state index in [0.717, 1.165) is 6.07 Å². The number of nitrogens with one attached hydrogen (secondary N) is 2. The summed E-state index contributed by atoms with van der Waals surface area (Å²) in [6.45, 7) is 1.76. The van der Waals surface area contributed by atoms with Gasteiger partial charge in [0.1, 0.15) is 11.3 Å². The Bertz CT molecular complexity index is 567. The van der Waals surface area contributed by atoms with Gasteiger partial charge in [0.2, 0.25) is 0 Å². The lowest BCUT2D eigenvalue weighted by atomic mass is 10.1. The lowest BCUT2D eigenvalue weighted by Crippen LogP contribution is -2.33. The summed E-state index contributed by atoms with van der Waals surface area (Å²) in [6.07, 6.45) is 1.86. The first-order valence-electron chi connectivity index (χ1n) is 5.66. The zero-order valence-corrected chi connectivity index (χ0v) is 9.90. The molecule has 0 saturated heterocycles. The molecule has 0 unspecified atom stereocenters. The van der Waals surface area contributed by atoms with Gasteiger partial charge in [0.05, 0.1) is 17.4 Å². The van der Waals surface area contributed by atoms with Crippen LogP contribution in [0.1, 0.15) is 23.7 Å². The van der Waals surface area contributed by atoms with E-state index in [9.17, 15) is 9.18 Å². The van der Waals surface area contributed by atoms with E-state index in [1.807, 2.05) is 0 Å². The summed E-state index contributed by atoms with van der Waals surface area (Å²) in [6, 6.07) is 2.26. The molecule has 1 atom stereocenters. The Morgan fingerprint density at radius 3 is 3.11 bits per heavy atom. The van der Waals surface area contributed by atoms with Gasteiger partial charge in [-0.1, -0.05) is 0 Å². The molecule has 0 aliphatic heterocycles. The zero-order chi connectivity index (χ0) is 13.1. The van der Waals surface area contributed by atoms with Crippen molar-refractivity contribution in [2.45, 2.75) is 19.4 Å². The minimum atomic E-state index is -0.494. The number of carbonyl (C=O) groups is 1. The Balaban J connectivity index is 2.29. The summed E-state index contributed by atoms with van der Waals surface area (Å²) in [4.78, 5) is 18.7. The van der Waals surface area contributed by atoms with Crippen molar-refractivity contribution in [3.05, 3.63) is 29.8 Å². The molecule has 0 bridgehead atoms. The van der Waals surface area contributed by atoms with Crippen LogP contribution in [0.3, 0.4) is 0 Å². The van der Waals surface area contributed by atoms with Gasteiger partial charge in [0.15, 0.2) is 0 Å². The fourth-order valence-corrected chi connectivity index (χ4v) is 1.76. The molecule has 0 aliphatic rings. The molecular formula is C12H14FN3O2. The molecule has 1 aromatic heterocycles. The van der Waals surface area contributed by atoms with Crippen LogP contribution in [0.25, 0.3) is 11.0 Å². The number of aromatic nitrogens is 2. The number of H-pyrrole nitrogens is 1. The van der Waals surface area contributed by atoms with Gasteiger partial charge in [-0.2, -0.15) is 0 Å². The number of amides is 1. The Hall–Kier alpha value is -1.95. The van der Waals surface area contributed by atoms with E-state index in [4.69, 9.17) is 5.11 Å². The van der Waals surface area contributed by atoms with Crippen LogP contribution in [0.2, 0.25) is 0 Å². The summed E-state index contributed by atoms with van der Waals surface area (Å²) < 4.78 is 13.4. The Morgan fingerprint density at radius 1 is 1.61 bits per heavy atom. The average Bonchev–Trinajstić information content (AvgIpc) is 2.75. The van der Waals surface area contributed by atoms with E-state index in [-0.39, 0.29) is 18.2 Å². The van der Waals surface area contributed by atoms with Crippen molar-refractivity contribution in [3.8, 4) is 0 Å². The van der Waals surface area contributed by atoms with Crippen LogP contribution in [0, 0.1) is 5.82 Å². The van der Waals surface area contributed by atoms with Gasteiger partial charge in [0, 0.05) is 12.6 Å². The first-order chi connectivity index (χ1) is 8.61. The first kappa shape index (κ1) is 12.5. The largest absolute Gasteiger partial charge is 0.396 e. The molecule has 1 amide bonds. The lowest BCUT2D eigenvalue weighted by molar-refractivity contribution is 0.0935. The van der Waals surface area contributed by atoms with Crippen molar-refractivity contribution in [2.24, 2.45) is 0 Å². The molecule has 0 fully saturated rings. The van der Waals surface area contributed by atoms with Gasteiger partial charge in [-0.3, -0.25) is 4.79 Å². The minimum absolute atomic E-state index is 0.0115. The first-order valence-corrected chi connectivity index (χ1v) is 5.66. The number of hydrogen-bond donors (Lipinski definition) is 3. The number of nitrogens with zero attached hydrogens (tertiary/aromatic N) is 1. The van der Waals surface area contributed by atoms with E-state index in [0.29, 0.717) is 17.5 Å². The quantitative estimate of drug-likeness (QED) is 0.764. The third-order valence-electron chi connectivity index (χ3n) is 2.67. The summed E-state index contributed by atoms with van der Waals surface area (Å²) in [7, 11) is 0. The van der Waals surface area contributed by atoms with Crippen LogP contribution < -0.4 is 5.32 Å². The van der Waals surface area contributed by atoms with Crippen LogP contribution in [-0.2, 0) is 0 Å². The van der Waals surface area contributed by atoms with Crippen molar-refractivity contribution in [3.63, 3.8) is 0 Å². The highest BCUT2D eigenvalue weighted by molar-refractivity contribution is 6.04. The summed E-state index contributed by atoms with van der Waals surface area (Å²) in [5, 5.41) is 11.5. The van der Waals surface area contributed by atoms with Crippen molar-refractivity contribution < 1.29 is 14.3 Å². The van der Waals surface area contributed by atoms with E-state index in [1.165, 1.54) is 12.4 Å². The number of hydrogen-bond acceptors (Lipinski definition) is 3. The molecule has 0 aliphatic carbocycles. The SMILES string of the molecule is C[C@H](CCO)NC(=O)c1cc(F)cc2[nH]cnc12. The summed E-state index contributed by atoms with van der Waals surface area (Å²) in [5.41, 5.74) is 1.11. The van der Waals surface area contributed by atoms with Gasteiger partial charge in [-0.25, -0.2) is 9.37 Å². The van der Waals surface area contributed by atoms with Crippen molar-refractivity contribution in [1.29, 1.82) is 0 Å². The minimum Gasteiger partial charge on any atom is -0.396 e. The van der Waals surface area contributed by atoms with Crippen LogP contribution >= 0.6 is 0 Å². The Kier molecular flexibility index (Phi) is 3.57. The smallest absolute Gasteiger partial charge is 0.253 e.